The van der Waals surface area contributed by atoms with Gasteiger partial charge in [0.1, 0.15) is 5.69 Å². The van der Waals surface area contributed by atoms with Crippen LogP contribution in [0.3, 0.4) is 0 Å². The SMILES string of the molecule is NCC1CCC(C(=O)c2ccnn2-c2ccccc2)CC1. The third-order valence-corrected chi connectivity index (χ3v) is 4.45. The molecule has 0 bridgehead atoms. The van der Waals surface area contributed by atoms with E-state index in [9.17, 15) is 4.79 Å². The Kier molecular flexibility index (Phi) is 4.15. The van der Waals surface area contributed by atoms with Crippen LogP contribution in [0.15, 0.2) is 42.6 Å². The van der Waals surface area contributed by atoms with Crippen molar-refractivity contribution >= 4 is 5.78 Å². The van der Waals surface area contributed by atoms with Gasteiger partial charge in [-0.05, 0) is 56.3 Å². The van der Waals surface area contributed by atoms with Crippen molar-refractivity contribution in [3.05, 3.63) is 48.3 Å². The number of hydrogen-bond acceptors (Lipinski definition) is 3. The molecule has 1 heterocycles. The Morgan fingerprint density at radius 3 is 2.52 bits per heavy atom. The molecule has 1 fully saturated rings. The van der Waals surface area contributed by atoms with Crippen molar-refractivity contribution in [2.24, 2.45) is 17.6 Å². The normalized spacial score (nSPS) is 22.1. The first kappa shape index (κ1) is 14.0. The van der Waals surface area contributed by atoms with Crippen molar-refractivity contribution in [2.75, 3.05) is 6.54 Å². The predicted molar refractivity (Wildman–Crippen MR) is 82.4 cm³/mol. The summed E-state index contributed by atoms with van der Waals surface area (Å²) in [6.45, 7) is 0.739. The fourth-order valence-corrected chi connectivity index (χ4v) is 3.13. The number of nitrogens with zero attached hydrogens (tertiary/aromatic N) is 2. The average Bonchev–Trinajstić information content (AvgIpc) is 3.04. The van der Waals surface area contributed by atoms with Gasteiger partial charge in [-0.1, -0.05) is 18.2 Å². The number of Topliss-reactive ketones (excluding diaryl/α,β-unsaturated/α-hetero) is 1. The molecule has 1 aliphatic rings. The van der Waals surface area contributed by atoms with Crippen LogP contribution < -0.4 is 5.73 Å². The fourth-order valence-electron chi connectivity index (χ4n) is 3.13. The topological polar surface area (TPSA) is 60.9 Å². The van der Waals surface area contributed by atoms with E-state index in [1.165, 1.54) is 0 Å². The molecule has 2 N–H and O–H groups in total. The molecule has 4 nitrogen and oxygen atoms in total. The molecule has 0 aliphatic heterocycles. The first-order chi connectivity index (χ1) is 10.3. The van der Waals surface area contributed by atoms with Crippen molar-refractivity contribution in [3.8, 4) is 5.69 Å². The molecule has 1 aliphatic carbocycles. The lowest BCUT2D eigenvalue weighted by Crippen LogP contribution is -2.27. The molecular weight excluding hydrogens is 262 g/mol. The summed E-state index contributed by atoms with van der Waals surface area (Å²) >= 11 is 0. The molecule has 110 valence electrons. The van der Waals surface area contributed by atoms with E-state index in [1.54, 1.807) is 10.9 Å². The number of hydrogen-bond donors (Lipinski definition) is 1. The monoisotopic (exact) mass is 283 g/mol. The zero-order valence-corrected chi connectivity index (χ0v) is 12.1. The van der Waals surface area contributed by atoms with Gasteiger partial charge >= 0.3 is 0 Å². The highest BCUT2D eigenvalue weighted by Gasteiger charge is 2.28. The Bertz CT molecular complexity index is 598. The maximum Gasteiger partial charge on any atom is 0.184 e. The second-order valence-corrected chi connectivity index (χ2v) is 5.78. The number of rotatable bonds is 4. The van der Waals surface area contributed by atoms with Gasteiger partial charge < -0.3 is 5.73 Å². The lowest BCUT2D eigenvalue weighted by molar-refractivity contribution is 0.0865. The maximum absolute atomic E-state index is 12.8. The zero-order chi connectivity index (χ0) is 14.7. The van der Waals surface area contributed by atoms with Crippen LogP contribution in [0.1, 0.15) is 36.2 Å². The Balaban J connectivity index is 1.79. The van der Waals surface area contributed by atoms with Crippen molar-refractivity contribution in [1.29, 1.82) is 0 Å². The first-order valence-corrected chi connectivity index (χ1v) is 7.63. The standard InChI is InChI=1S/C17H21N3O/c18-12-13-6-8-14(9-7-13)17(21)16-10-11-19-20(16)15-4-2-1-3-5-15/h1-5,10-11,13-14H,6-9,12,18H2. The summed E-state index contributed by atoms with van der Waals surface area (Å²) in [7, 11) is 0. The van der Waals surface area contributed by atoms with E-state index >= 15 is 0 Å². The molecule has 0 unspecified atom stereocenters. The Morgan fingerprint density at radius 2 is 1.86 bits per heavy atom. The van der Waals surface area contributed by atoms with E-state index in [1.807, 2.05) is 36.4 Å². The molecule has 2 aromatic rings. The molecule has 3 rings (SSSR count). The molecule has 0 saturated heterocycles. The summed E-state index contributed by atoms with van der Waals surface area (Å²) < 4.78 is 1.75. The van der Waals surface area contributed by atoms with Gasteiger partial charge in [-0.3, -0.25) is 4.79 Å². The third-order valence-electron chi connectivity index (χ3n) is 4.45. The second kappa shape index (κ2) is 6.22. The summed E-state index contributed by atoms with van der Waals surface area (Å²) in [5.41, 5.74) is 7.34. The molecule has 0 spiro atoms. The minimum Gasteiger partial charge on any atom is -0.330 e. The zero-order valence-electron chi connectivity index (χ0n) is 12.1. The largest absolute Gasteiger partial charge is 0.330 e. The highest BCUT2D eigenvalue weighted by Crippen LogP contribution is 2.30. The van der Waals surface area contributed by atoms with Crippen LogP contribution in [-0.2, 0) is 0 Å². The van der Waals surface area contributed by atoms with Crippen LogP contribution in [0.25, 0.3) is 5.69 Å². The number of carbonyl (C=O) groups excluding carboxylic acids is 1. The van der Waals surface area contributed by atoms with Gasteiger partial charge in [0.2, 0.25) is 0 Å². The number of benzene rings is 1. The minimum atomic E-state index is 0.118. The van der Waals surface area contributed by atoms with Gasteiger partial charge in [-0.25, -0.2) is 4.68 Å². The van der Waals surface area contributed by atoms with Gasteiger partial charge in [0.15, 0.2) is 5.78 Å². The molecule has 0 atom stereocenters. The van der Waals surface area contributed by atoms with Crippen LogP contribution in [0.4, 0.5) is 0 Å². The molecule has 1 aromatic heterocycles. The van der Waals surface area contributed by atoms with Gasteiger partial charge in [-0.15, -0.1) is 0 Å². The quantitative estimate of drug-likeness (QED) is 0.878. The first-order valence-electron chi connectivity index (χ1n) is 7.63. The van der Waals surface area contributed by atoms with E-state index < -0.39 is 0 Å². The predicted octanol–water partition coefficient (Wildman–Crippen LogP) is 2.82. The summed E-state index contributed by atoms with van der Waals surface area (Å²) in [6, 6.07) is 11.6. The minimum absolute atomic E-state index is 0.118. The summed E-state index contributed by atoms with van der Waals surface area (Å²) in [4.78, 5) is 12.8. The average molecular weight is 283 g/mol. The number of nitrogens with two attached hydrogens (primary N) is 1. The van der Waals surface area contributed by atoms with E-state index in [2.05, 4.69) is 5.10 Å². The van der Waals surface area contributed by atoms with Crippen molar-refractivity contribution in [1.82, 2.24) is 9.78 Å². The Labute approximate surface area is 125 Å². The highest BCUT2D eigenvalue weighted by molar-refractivity contribution is 5.96. The molecular formula is C17H21N3O. The van der Waals surface area contributed by atoms with Crippen LogP contribution >= 0.6 is 0 Å². The maximum atomic E-state index is 12.8. The Morgan fingerprint density at radius 1 is 1.14 bits per heavy atom. The van der Waals surface area contributed by atoms with Gasteiger partial charge in [0, 0.05) is 5.92 Å². The smallest absolute Gasteiger partial charge is 0.184 e. The van der Waals surface area contributed by atoms with Gasteiger partial charge in [0.25, 0.3) is 0 Å². The summed E-state index contributed by atoms with van der Waals surface area (Å²) in [5, 5.41) is 4.31. The van der Waals surface area contributed by atoms with Crippen LogP contribution in [-0.4, -0.2) is 22.1 Å². The Hall–Kier alpha value is -1.94. The number of ketones is 1. The van der Waals surface area contributed by atoms with Crippen LogP contribution in [0.2, 0.25) is 0 Å². The van der Waals surface area contributed by atoms with E-state index in [4.69, 9.17) is 5.73 Å². The van der Waals surface area contributed by atoms with Crippen molar-refractivity contribution in [2.45, 2.75) is 25.7 Å². The van der Waals surface area contributed by atoms with E-state index in [0.717, 1.165) is 37.9 Å². The lowest BCUT2D eigenvalue weighted by atomic mass is 9.79. The number of carbonyl (C=O) groups is 1. The van der Waals surface area contributed by atoms with Crippen molar-refractivity contribution < 1.29 is 4.79 Å². The van der Waals surface area contributed by atoms with Crippen LogP contribution in [0, 0.1) is 11.8 Å². The van der Waals surface area contributed by atoms with Crippen molar-refractivity contribution in [3.63, 3.8) is 0 Å². The highest BCUT2D eigenvalue weighted by atomic mass is 16.1. The summed E-state index contributed by atoms with van der Waals surface area (Å²) in [5.74, 6) is 0.923. The van der Waals surface area contributed by atoms with Crippen LogP contribution in [0.5, 0.6) is 0 Å². The third kappa shape index (κ3) is 2.90. The molecule has 1 saturated carbocycles. The van der Waals surface area contributed by atoms with E-state index in [0.29, 0.717) is 11.6 Å². The molecule has 4 heteroatoms. The van der Waals surface area contributed by atoms with Gasteiger partial charge in [-0.2, -0.15) is 5.10 Å². The number of para-hydroxylation sites is 1. The molecule has 1 aromatic carbocycles. The molecule has 0 amide bonds. The lowest BCUT2D eigenvalue weighted by Gasteiger charge is -2.26. The number of aromatic nitrogens is 2. The van der Waals surface area contributed by atoms with E-state index in [-0.39, 0.29) is 11.7 Å². The molecule has 0 radical (unpaired) electrons. The fraction of sp³-hybridized carbons (Fsp3) is 0.412. The molecule has 21 heavy (non-hydrogen) atoms. The second-order valence-electron chi connectivity index (χ2n) is 5.78. The van der Waals surface area contributed by atoms with Gasteiger partial charge in [0.05, 0.1) is 11.9 Å². The summed E-state index contributed by atoms with van der Waals surface area (Å²) in [6.07, 6.45) is 5.71.